The van der Waals surface area contributed by atoms with E-state index in [0.29, 0.717) is 36.9 Å². The summed E-state index contributed by atoms with van der Waals surface area (Å²) < 4.78 is 16.2. The number of hydrogen-bond acceptors (Lipinski definition) is 6. The number of nitrogens with zero attached hydrogens (tertiary/aromatic N) is 1. The summed E-state index contributed by atoms with van der Waals surface area (Å²) in [7, 11) is 0. The first kappa shape index (κ1) is 21.9. The molecule has 0 spiro atoms. The maximum atomic E-state index is 12.3. The average molecular weight is 418 g/mol. The zero-order valence-corrected chi connectivity index (χ0v) is 17.6. The first-order valence-electron chi connectivity index (χ1n) is 10.7. The lowest BCUT2D eigenvalue weighted by Crippen LogP contribution is -2.35. The predicted molar refractivity (Wildman–Crippen MR) is 110 cm³/mol. The van der Waals surface area contributed by atoms with E-state index in [1.165, 1.54) is 0 Å². The molecule has 0 radical (unpaired) electrons. The summed E-state index contributed by atoms with van der Waals surface area (Å²) in [5.74, 6) is -0.313. The highest BCUT2D eigenvalue weighted by molar-refractivity contribution is 5.94. The lowest BCUT2D eigenvalue weighted by atomic mass is 10.1. The molecule has 1 aromatic carbocycles. The summed E-state index contributed by atoms with van der Waals surface area (Å²) in [4.78, 5) is 38.6. The minimum Gasteiger partial charge on any atom is -0.490 e. The van der Waals surface area contributed by atoms with Crippen LogP contribution in [0.5, 0.6) is 11.5 Å². The van der Waals surface area contributed by atoms with Gasteiger partial charge in [0.25, 0.3) is 5.91 Å². The van der Waals surface area contributed by atoms with Crippen LogP contribution in [0.1, 0.15) is 46.0 Å². The zero-order valence-electron chi connectivity index (χ0n) is 17.6. The number of esters is 1. The van der Waals surface area contributed by atoms with E-state index in [1.807, 2.05) is 18.7 Å². The molecule has 3 rings (SSSR count). The Hall–Kier alpha value is -2.77. The molecule has 30 heavy (non-hydrogen) atoms. The van der Waals surface area contributed by atoms with E-state index in [4.69, 9.17) is 14.2 Å². The van der Waals surface area contributed by atoms with Crippen molar-refractivity contribution in [2.45, 2.75) is 52.0 Å². The Labute approximate surface area is 176 Å². The molecule has 1 heterocycles. The van der Waals surface area contributed by atoms with Crippen LogP contribution in [0.25, 0.3) is 0 Å². The Morgan fingerprint density at radius 2 is 1.80 bits per heavy atom. The van der Waals surface area contributed by atoms with Gasteiger partial charge in [0.1, 0.15) is 0 Å². The van der Waals surface area contributed by atoms with Crippen LogP contribution in [0.3, 0.4) is 0 Å². The Bertz CT molecular complexity index is 775. The molecule has 1 atom stereocenters. The topological polar surface area (TPSA) is 94.2 Å². The zero-order chi connectivity index (χ0) is 21.5. The van der Waals surface area contributed by atoms with Crippen LogP contribution in [0, 0.1) is 5.92 Å². The average Bonchev–Trinajstić information content (AvgIpc) is 3.38. The standard InChI is InChI=1S/C22H30N2O6/c1-3-28-18-10-9-16(12-19(18)29-4-2)23-20(25)14-30-22(27)15-11-21(26)24(13-15)17-7-5-6-8-17/h9-10,12,15,17H,3-8,11,13-14H2,1-2H3,(H,23,25)/t15-/m0/s1. The van der Waals surface area contributed by atoms with Gasteiger partial charge in [-0.15, -0.1) is 0 Å². The third kappa shape index (κ3) is 5.43. The molecule has 2 aliphatic rings. The van der Waals surface area contributed by atoms with Crippen LogP contribution in [0.4, 0.5) is 5.69 Å². The highest BCUT2D eigenvalue weighted by atomic mass is 16.5. The first-order valence-corrected chi connectivity index (χ1v) is 10.7. The smallest absolute Gasteiger partial charge is 0.311 e. The molecule has 0 bridgehead atoms. The van der Waals surface area contributed by atoms with Crippen molar-refractivity contribution in [3.63, 3.8) is 0 Å². The van der Waals surface area contributed by atoms with Crippen molar-refractivity contribution >= 4 is 23.5 Å². The van der Waals surface area contributed by atoms with Gasteiger partial charge in [0.15, 0.2) is 18.1 Å². The number of rotatable bonds is 9. The molecule has 2 fully saturated rings. The van der Waals surface area contributed by atoms with Gasteiger partial charge in [0.05, 0.1) is 19.1 Å². The summed E-state index contributed by atoms with van der Waals surface area (Å²) >= 11 is 0. The van der Waals surface area contributed by atoms with Gasteiger partial charge in [-0.3, -0.25) is 14.4 Å². The second-order valence-electron chi connectivity index (χ2n) is 7.57. The molecule has 164 valence electrons. The molecule has 1 aliphatic carbocycles. The number of anilines is 1. The molecular weight excluding hydrogens is 388 g/mol. The van der Waals surface area contributed by atoms with Crippen molar-refractivity contribution in [3.05, 3.63) is 18.2 Å². The van der Waals surface area contributed by atoms with Gasteiger partial charge >= 0.3 is 5.97 Å². The maximum Gasteiger partial charge on any atom is 0.311 e. The number of hydrogen-bond donors (Lipinski definition) is 1. The fraction of sp³-hybridized carbons (Fsp3) is 0.591. The third-order valence-corrected chi connectivity index (χ3v) is 5.43. The van der Waals surface area contributed by atoms with Gasteiger partial charge in [0, 0.05) is 30.8 Å². The molecular formula is C22H30N2O6. The van der Waals surface area contributed by atoms with Gasteiger partial charge in [-0.05, 0) is 38.8 Å². The monoisotopic (exact) mass is 418 g/mol. The lowest BCUT2D eigenvalue weighted by molar-refractivity contribution is -0.151. The van der Waals surface area contributed by atoms with Crippen LogP contribution in [0.2, 0.25) is 0 Å². The van der Waals surface area contributed by atoms with Crippen LogP contribution in [-0.4, -0.2) is 55.1 Å². The Morgan fingerprint density at radius 3 is 2.50 bits per heavy atom. The Balaban J connectivity index is 1.49. The van der Waals surface area contributed by atoms with E-state index in [9.17, 15) is 14.4 Å². The highest BCUT2D eigenvalue weighted by Gasteiger charge is 2.39. The van der Waals surface area contributed by atoms with Gasteiger partial charge in [-0.25, -0.2) is 0 Å². The third-order valence-electron chi connectivity index (χ3n) is 5.43. The highest BCUT2D eigenvalue weighted by Crippen LogP contribution is 2.31. The number of ether oxygens (including phenoxy) is 3. The van der Waals surface area contributed by atoms with Crippen LogP contribution >= 0.6 is 0 Å². The van der Waals surface area contributed by atoms with Crippen molar-refractivity contribution in [2.75, 3.05) is 31.7 Å². The maximum absolute atomic E-state index is 12.3. The molecule has 1 saturated carbocycles. The molecule has 0 unspecified atom stereocenters. The number of carbonyl (C=O) groups excluding carboxylic acids is 3. The quantitative estimate of drug-likeness (QED) is 0.620. The number of likely N-dealkylation sites (tertiary alicyclic amines) is 1. The van der Waals surface area contributed by atoms with E-state index in [-0.39, 0.29) is 18.4 Å². The van der Waals surface area contributed by atoms with E-state index >= 15 is 0 Å². The predicted octanol–water partition coefficient (Wildman–Crippen LogP) is 2.76. The molecule has 1 aromatic rings. The summed E-state index contributed by atoms with van der Waals surface area (Å²) in [5.41, 5.74) is 0.520. The molecule has 8 heteroatoms. The van der Waals surface area contributed by atoms with Gasteiger partial charge in [-0.1, -0.05) is 12.8 Å². The molecule has 1 aliphatic heterocycles. The van der Waals surface area contributed by atoms with Crippen molar-refractivity contribution in [3.8, 4) is 11.5 Å². The van der Waals surface area contributed by atoms with Gasteiger partial charge in [0.2, 0.25) is 5.91 Å². The van der Waals surface area contributed by atoms with E-state index < -0.39 is 24.4 Å². The molecule has 2 amide bonds. The second kappa shape index (κ2) is 10.3. The molecule has 8 nitrogen and oxygen atoms in total. The number of nitrogens with one attached hydrogen (secondary N) is 1. The minimum absolute atomic E-state index is 0.00569. The molecule has 1 N–H and O–H groups in total. The lowest BCUT2D eigenvalue weighted by Gasteiger charge is -2.23. The fourth-order valence-corrected chi connectivity index (χ4v) is 4.04. The van der Waals surface area contributed by atoms with Crippen LogP contribution in [-0.2, 0) is 19.1 Å². The summed E-state index contributed by atoms with van der Waals surface area (Å²) in [6.07, 6.45) is 4.41. The van der Waals surface area contributed by atoms with E-state index in [2.05, 4.69) is 5.32 Å². The van der Waals surface area contributed by atoms with Crippen LogP contribution in [0.15, 0.2) is 18.2 Å². The van der Waals surface area contributed by atoms with Gasteiger partial charge < -0.3 is 24.4 Å². The van der Waals surface area contributed by atoms with Crippen molar-refractivity contribution < 1.29 is 28.6 Å². The van der Waals surface area contributed by atoms with E-state index in [0.717, 1.165) is 25.7 Å². The van der Waals surface area contributed by atoms with Gasteiger partial charge in [-0.2, -0.15) is 0 Å². The first-order chi connectivity index (χ1) is 14.5. The van der Waals surface area contributed by atoms with Crippen molar-refractivity contribution in [1.82, 2.24) is 4.90 Å². The minimum atomic E-state index is -0.499. The largest absolute Gasteiger partial charge is 0.490 e. The number of benzene rings is 1. The van der Waals surface area contributed by atoms with Crippen LogP contribution < -0.4 is 14.8 Å². The normalized spacial score (nSPS) is 19.1. The second-order valence-corrected chi connectivity index (χ2v) is 7.57. The van der Waals surface area contributed by atoms with Crippen molar-refractivity contribution in [1.29, 1.82) is 0 Å². The number of carbonyl (C=O) groups is 3. The van der Waals surface area contributed by atoms with Crippen molar-refractivity contribution in [2.24, 2.45) is 5.92 Å². The van der Waals surface area contributed by atoms with E-state index in [1.54, 1.807) is 18.2 Å². The Morgan fingerprint density at radius 1 is 1.10 bits per heavy atom. The molecule has 0 aromatic heterocycles. The summed E-state index contributed by atoms with van der Waals surface area (Å²) in [6.45, 7) is 4.70. The summed E-state index contributed by atoms with van der Waals surface area (Å²) in [5, 5.41) is 2.69. The Kier molecular flexibility index (Phi) is 7.54. The summed E-state index contributed by atoms with van der Waals surface area (Å²) in [6, 6.07) is 5.33. The number of amides is 2. The molecule has 1 saturated heterocycles. The fourth-order valence-electron chi connectivity index (χ4n) is 4.04. The SMILES string of the molecule is CCOc1ccc(NC(=O)COC(=O)[C@H]2CC(=O)N(C3CCCC3)C2)cc1OCC.